The molecule has 20 heavy (non-hydrogen) atoms. The summed E-state index contributed by atoms with van der Waals surface area (Å²) in [7, 11) is 0. The van der Waals surface area contributed by atoms with Gasteiger partial charge in [0.2, 0.25) is 0 Å². The number of fused-ring (bicyclic) bond motifs is 1. The molecule has 0 spiro atoms. The van der Waals surface area contributed by atoms with Gasteiger partial charge in [-0.2, -0.15) is 0 Å². The molecule has 3 heteroatoms. The van der Waals surface area contributed by atoms with Crippen molar-refractivity contribution in [2.75, 3.05) is 13.1 Å². The second-order valence-electron chi connectivity index (χ2n) is 6.64. The summed E-state index contributed by atoms with van der Waals surface area (Å²) in [5.41, 5.74) is 3.76. The molecule has 1 aliphatic carbocycles. The van der Waals surface area contributed by atoms with Crippen LogP contribution in [0, 0.1) is 5.41 Å². The topological polar surface area (TPSA) is 40.5 Å². The Kier molecular flexibility index (Phi) is 3.55. The quantitative estimate of drug-likeness (QED) is 0.920. The van der Waals surface area contributed by atoms with E-state index < -0.39 is 11.4 Å². The van der Waals surface area contributed by atoms with Gasteiger partial charge >= 0.3 is 5.97 Å². The number of carbonyl (C=O) groups is 1. The van der Waals surface area contributed by atoms with Crippen LogP contribution in [0.3, 0.4) is 0 Å². The molecule has 1 fully saturated rings. The number of benzene rings is 1. The first-order valence-corrected chi connectivity index (χ1v) is 7.63. The second-order valence-corrected chi connectivity index (χ2v) is 6.64. The maximum atomic E-state index is 11.4. The lowest BCUT2D eigenvalue weighted by Gasteiger charge is -2.37. The van der Waals surface area contributed by atoms with E-state index in [1.807, 2.05) is 6.92 Å². The third-order valence-corrected chi connectivity index (χ3v) is 4.86. The predicted molar refractivity (Wildman–Crippen MR) is 78.7 cm³/mol. The first-order chi connectivity index (χ1) is 9.57. The average Bonchev–Trinajstić information content (AvgIpc) is 2.86. The molecule has 1 aromatic rings. The molecule has 0 bridgehead atoms. The van der Waals surface area contributed by atoms with Crippen LogP contribution in [0.4, 0.5) is 0 Å². The van der Waals surface area contributed by atoms with Gasteiger partial charge in [0, 0.05) is 13.1 Å². The summed E-state index contributed by atoms with van der Waals surface area (Å²) in [5.74, 6) is -0.656. The van der Waals surface area contributed by atoms with Crippen LogP contribution in [0.25, 0.3) is 0 Å². The number of rotatable bonds is 3. The third kappa shape index (κ3) is 2.59. The molecule has 108 valence electrons. The van der Waals surface area contributed by atoms with Gasteiger partial charge in [0.15, 0.2) is 0 Å². The molecule has 3 rings (SSSR count). The maximum absolute atomic E-state index is 11.4. The molecule has 0 saturated carbocycles. The zero-order valence-corrected chi connectivity index (χ0v) is 12.2. The minimum absolute atomic E-state index is 0.574. The highest BCUT2D eigenvalue weighted by atomic mass is 16.4. The Hall–Kier alpha value is -1.35. The molecule has 1 unspecified atom stereocenters. The van der Waals surface area contributed by atoms with Crippen molar-refractivity contribution in [1.82, 2.24) is 4.90 Å². The lowest BCUT2D eigenvalue weighted by atomic mass is 9.82. The number of carboxylic acid groups (broad SMARTS) is 1. The van der Waals surface area contributed by atoms with Gasteiger partial charge in [0.05, 0.1) is 5.41 Å². The highest BCUT2D eigenvalue weighted by Gasteiger charge is 2.37. The highest BCUT2D eigenvalue weighted by molar-refractivity contribution is 5.74. The van der Waals surface area contributed by atoms with E-state index in [1.165, 1.54) is 36.0 Å². The van der Waals surface area contributed by atoms with E-state index in [-0.39, 0.29) is 0 Å². The summed E-state index contributed by atoms with van der Waals surface area (Å²) < 4.78 is 0. The normalized spacial score (nSPS) is 26.4. The van der Waals surface area contributed by atoms with E-state index in [9.17, 15) is 9.90 Å². The Labute approximate surface area is 120 Å². The zero-order valence-electron chi connectivity index (χ0n) is 12.2. The van der Waals surface area contributed by atoms with Gasteiger partial charge < -0.3 is 5.11 Å². The number of piperidine rings is 1. The van der Waals surface area contributed by atoms with Crippen LogP contribution < -0.4 is 0 Å². The third-order valence-electron chi connectivity index (χ3n) is 4.86. The van der Waals surface area contributed by atoms with Gasteiger partial charge in [0.1, 0.15) is 0 Å². The number of nitrogens with zero attached hydrogens (tertiary/aromatic N) is 1. The summed E-state index contributed by atoms with van der Waals surface area (Å²) >= 11 is 0. The Balaban J connectivity index is 1.70. The fourth-order valence-electron chi connectivity index (χ4n) is 3.64. The largest absolute Gasteiger partial charge is 0.481 e. The first-order valence-electron chi connectivity index (χ1n) is 7.63. The summed E-state index contributed by atoms with van der Waals surface area (Å²) in [6, 6.07) is 6.81. The van der Waals surface area contributed by atoms with Gasteiger partial charge in [-0.05, 0) is 62.3 Å². The smallest absolute Gasteiger partial charge is 0.310 e. The summed E-state index contributed by atoms with van der Waals surface area (Å²) in [6.45, 7) is 4.44. The molecule has 0 radical (unpaired) electrons. The minimum Gasteiger partial charge on any atom is -0.481 e. The number of carboxylic acids is 1. The van der Waals surface area contributed by atoms with Crippen molar-refractivity contribution in [3.8, 4) is 0 Å². The number of hydrogen-bond acceptors (Lipinski definition) is 2. The SMILES string of the molecule is CC1(C(=O)O)CCCN(Cc2ccc3c(c2)CCC3)C1. The van der Waals surface area contributed by atoms with E-state index in [2.05, 4.69) is 23.1 Å². The molecule has 3 nitrogen and oxygen atoms in total. The van der Waals surface area contributed by atoms with E-state index in [4.69, 9.17) is 0 Å². The van der Waals surface area contributed by atoms with Gasteiger partial charge in [-0.25, -0.2) is 0 Å². The molecule has 1 N–H and O–H groups in total. The molecule has 1 atom stereocenters. The van der Waals surface area contributed by atoms with Crippen molar-refractivity contribution in [2.24, 2.45) is 5.41 Å². The Morgan fingerprint density at radius 1 is 1.30 bits per heavy atom. The van der Waals surface area contributed by atoms with E-state index >= 15 is 0 Å². The van der Waals surface area contributed by atoms with E-state index in [1.54, 1.807) is 0 Å². The Morgan fingerprint density at radius 2 is 2.10 bits per heavy atom. The van der Waals surface area contributed by atoms with Crippen LogP contribution in [0.5, 0.6) is 0 Å². The van der Waals surface area contributed by atoms with Crippen LogP contribution in [-0.2, 0) is 24.2 Å². The number of aliphatic carboxylic acids is 1. The highest BCUT2D eigenvalue weighted by Crippen LogP contribution is 2.31. The van der Waals surface area contributed by atoms with E-state index in [0.717, 1.165) is 25.9 Å². The van der Waals surface area contributed by atoms with Gasteiger partial charge in [-0.15, -0.1) is 0 Å². The monoisotopic (exact) mass is 273 g/mol. The molecule has 0 aromatic heterocycles. The maximum Gasteiger partial charge on any atom is 0.310 e. The minimum atomic E-state index is -0.656. The van der Waals surface area contributed by atoms with Gasteiger partial charge in [-0.3, -0.25) is 9.69 Å². The van der Waals surface area contributed by atoms with Crippen LogP contribution in [0.1, 0.15) is 42.9 Å². The molecule has 2 aliphatic rings. The standard InChI is InChI=1S/C17H23NO2/c1-17(16(19)20)8-3-9-18(12-17)11-13-6-7-14-4-2-5-15(14)10-13/h6-7,10H,2-5,8-9,11-12H2,1H3,(H,19,20). The zero-order chi connectivity index (χ0) is 14.2. The fraction of sp³-hybridized carbons (Fsp3) is 0.588. The Bertz CT molecular complexity index is 526. The lowest BCUT2D eigenvalue weighted by molar-refractivity contribution is -0.151. The molecule has 1 aromatic carbocycles. The van der Waals surface area contributed by atoms with Gasteiger partial charge in [0.25, 0.3) is 0 Å². The molecule has 1 aliphatic heterocycles. The van der Waals surface area contributed by atoms with Crippen molar-refractivity contribution in [3.63, 3.8) is 0 Å². The van der Waals surface area contributed by atoms with Crippen LogP contribution in [-0.4, -0.2) is 29.1 Å². The van der Waals surface area contributed by atoms with Crippen LogP contribution >= 0.6 is 0 Å². The lowest BCUT2D eigenvalue weighted by Crippen LogP contribution is -2.45. The van der Waals surface area contributed by atoms with E-state index in [0.29, 0.717) is 6.54 Å². The van der Waals surface area contributed by atoms with Crippen molar-refractivity contribution in [3.05, 3.63) is 34.9 Å². The first kappa shape index (κ1) is 13.6. The number of aryl methyl sites for hydroxylation is 2. The molecule has 1 saturated heterocycles. The van der Waals surface area contributed by atoms with Crippen molar-refractivity contribution < 1.29 is 9.90 Å². The molecule has 1 heterocycles. The fourth-order valence-corrected chi connectivity index (χ4v) is 3.64. The summed E-state index contributed by atoms with van der Waals surface area (Å²) in [5, 5.41) is 9.38. The predicted octanol–water partition coefficient (Wildman–Crippen LogP) is 2.86. The number of hydrogen-bond donors (Lipinski definition) is 1. The second kappa shape index (κ2) is 5.21. The number of likely N-dealkylation sites (tertiary alicyclic amines) is 1. The van der Waals surface area contributed by atoms with Crippen molar-refractivity contribution >= 4 is 5.97 Å². The summed E-state index contributed by atoms with van der Waals surface area (Å²) in [6.07, 6.45) is 5.47. The molecular formula is C17H23NO2. The average molecular weight is 273 g/mol. The van der Waals surface area contributed by atoms with Crippen molar-refractivity contribution in [2.45, 2.75) is 45.6 Å². The Morgan fingerprint density at radius 3 is 2.90 bits per heavy atom. The van der Waals surface area contributed by atoms with Gasteiger partial charge in [-0.1, -0.05) is 18.2 Å². The molecule has 0 amide bonds. The van der Waals surface area contributed by atoms with Crippen molar-refractivity contribution in [1.29, 1.82) is 0 Å². The van der Waals surface area contributed by atoms with Crippen LogP contribution in [0.15, 0.2) is 18.2 Å². The van der Waals surface area contributed by atoms with Crippen LogP contribution in [0.2, 0.25) is 0 Å². The summed E-state index contributed by atoms with van der Waals surface area (Å²) in [4.78, 5) is 13.7. The molecular weight excluding hydrogens is 250 g/mol.